The van der Waals surface area contributed by atoms with E-state index in [9.17, 15) is 0 Å². The molecule has 0 atom stereocenters. The number of benzene rings is 5. The van der Waals surface area contributed by atoms with E-state index in [-0.39, 0.29) is 42.7 Å². The maximum Gasteiger partial charge on any atom is 0.267 e. The average Bonchev–Trinajstić information content (AvgIpc) is 3.85. The third kappa shape index (κ3) is 9.75. The molecule has 3 aromatic heterocycles. The van der Waals surface area contributed by atoms with E-state index in [1.165, 1.54) is 44.3 Å². The van der Waals surface area contributed by atoms with Crippen LogP contribution in [0.15, 0.2) is 110 Å². The van der Waals surface area contributed by atoms with E-state index >= 15 is 0 Å². The van der Waals surface area contributed by atoms with Gasteiger partial charge in [-0.25, -0.2) is 4.98 Å². The Bertz CT molecular complexity index is 3000. The van der Waals surface area contributed by atoms with Gasteiger partial charge in [-0.2, -0.15) is 12.1 Å². The van der Waals surface area contributed by atoms with Crippen LogP contribution in [0.3, 0.4) is 0 Å². The number of aromatic nitrogens is 4. The Kier molecular flexibility index (Phi) is 13.1. The third-order valence-corrected chi connectivity index (χ3v) is 12.8. The molecule has 0 saturated heterocycles. The molecular weight excluding hydrogens is 988 g/mol. The van der Waals surface area contributed by atoms with E-state index in [4.69, 9.17) is 9.72 Å². The Morgan fingerprint density at radius 3 is 1.79 bits per heavy atom. The van der Waals surface area contributed by atoms with Crippen LogP contribution in [0.4, 0.5) is 0 Å². The van der Waals surface area contributed by atoms with Crippen molar-refractivity contribution in [3.63, 3.8) is 0 Å². The summed E-state index contributed by atoms with van der Waals surface area (Å²) in [5.41, 5.74) is 13.8. The van der Waals surface area contributed by atoms with Gasteiger partial charge in [0.15, 0.2) is 0 Å². The molecule has 0 aliphatic heterocycles. The first-order valence-corrected chi connectivity index (χ1v) is 23.4. The van der Waals surface area contributed by atoms with Crippen LogP contribution >= 0.6 is 0 Å². The molecule has 346 valence electrons. The molecule has 0 radical (unpaired) electrons. The fourth-order valence-electron chi connectivity index (χ4n) is 8.77. The minimum atomic E-state index is -0.0434. The molecule has 0 aliphatic carbocycles. The number of pyridine rings is 1. The molecule has 6 heteroatoms. The third-order valence-electron chi connectivity index (χ3n) is 12.8. The maximum atomic E-state index is 6.97. The normalized spacial score (nSPS) is 12.7. The fraction of sp³-hybridized carbons (Fsp3) is 0.367. The zero-order chi connectivity index (χ0) is 47.0. The van der Waals surface area contributed by atoms with Crippen LogP contribution in [0.1, 0.15) is 156 Å². The average molecular weight is 1060 g/mol. The van der Waals surface area contributed by atoms with Gasteiger partial charge in [0.25, 0.3) is 6.33 Å². The zero-order valence-electron chi connectivity index (χ0n) is 42.1. The second-order valence-corrected chi connectivity index (χ2v) is 22.8. The summed E-state index contributed by atoms with van der Waals surface area (Å²) in [5.74, 6) is 2.69. The Labute approximate surface area is 409 Å². The summed E-state index contributed by atoms with van der Waals surface area (Å²) in [6, 6.07) is 40.8. The van der Waals surface area contributed by atoms with Gasteiger partial charge in [-0.15, -0.1) is 35.2 Å². The van der Waals surface area contributed by atoms with E-state index in [1.54, 1.807) is 0 Å². The van der Waals surface area contributed by atoms with Crippen molar-refractivity contribution in [3.05, 3.63) is 161 Å². The van der Waals surface area contributed by atoms with E-state index in [0.29, 0.717) is 23.3 Å². The summed E-state index contributed by atoms with van der Waals surface area (Å²) in [4.78, 5) is 4.96. The van der Waals surface area contributed by atoms with Gasteiger partial charge in [-0.1, -0.05) is 153 Å². The van der Waals surface area contributed by atoms with Gasteiger partial charge in [0.2, 0.25) is 0 Å². The number of rotatable bonds is 8. The van der Waals surface area contributed by atoms with Crippen molar-refractivity contribution < 1.29 is 30.4 Å². The first-order valence-electron chi connectivity index (χ1n) is 23.4. The first kappa shape index (κ1) is 48.7. The molecule has 8 aromatic rings. The molecule has 8 rings (SSSR count). The van der Waals surface area contributed by atoms with E-state index < -0.39 is 0 Å². The van der Waals surface area contributed by atoms with Crippen molar-refractivity contribution in [1.29, 1.82) is 0 Å². The topological polar surface area (TPSA) is 35.9 Å². The molecule has 5 nitrogen and oxygen atoms in total. The van der Waals surface area contributed by atoms with Gasteiger partial charge in [0.1, 0.15) is 5.82 Å². The summed E-state index contributed by atoms with van der Waals surface area (Å²) in [6.45, 7) is 36.3. The van der Waals surface area contributed by atoms with E-state index in [1.807, 2.05) is 16.8 Å². The van der Waals surface area contributed by atoms with Gasteiger partial charge in [0, 0.05) is 56.7 Å². The molecule has 0 aliphatic rings. The Balaban J connectivity index is 0.00000648. The summed E-state index contributed by atoms with van der Waals surface area (Å²) < 4.78 is 13.4. The first-order chi connectivity index (χ1) is 30.4. The van der Waals surface area contributed by atoms with Gasteiger partial charge < -0.3 is 13.9 Å². The summed E-state index contributed by atoms with van der Waals surface area (Å²) in [5, 5.41) is 2.27. The number of hydrogen-bond acceptors (Lipinski definition) is 2. The number of nitrogens with zero attached hydrogens (tertiary/aromatic N) is 4. The van der Waals surface area contributed by atoms with Crippen molar-refractivity contribution in [3.8, 4) is 39.8 Å². The largest absolute Gasteiger partial charge is 0.510 e. The standard InChI is InChI=1S/C60H68N4O.Pt/c1-38(2)49-18-17-19-50(39(3)4)56(49)40-28-45(62-26-27-63(37-62)46-31-43(59(11,12)13)30-44(32-46)60(14,15)16)35-48(29-40)65-47-21-22-51-52-33-41(57(5,6)7)20-23-53(52)64(54(51)36-47)55-34-42(24-25-61-55)58(8,9)10;/h17-34,38-39H,1-16H3;/q-2;. The SMILES string of the molecule is CC(C)c1cccc(C(C)C)c1-c1cc(Oc2[c-]c3c(cc2)c2cc(C(C)(C)C)ccc2n3-c2cc(C(C)(C)C)ccn2)[c-]c(-n2[c-][n+](-c3cc(C(C)(C)C)cc(C(C)(C)C)c3)cc2)c1.[Pt]. The number of imidazole rings is 1. The minimum Gasteiger partial charge on any atom is -0.510 e. The molecule has 0 saturated carbocycles. The number of ether oxygens (including phenoxy) is 1. The fourth-order valence-corrected chi connectivity index (χ4v) is 8.77. The van der Waals surface area contributed by atoms with Crippen LogP contribution in [-0.2, 0) is 42.7 Å². The zero-order valence-corrected chi connectivity index (χ0v) is 44.3. The van der Waals surface area contributed by atoms with Crippen LogP contribution in [0.2, 0.25) is 0 Å². The monoisotopic (exact) mass is 1060 g/mol. The smallest absolute Gasteiger partial charge is 0.267 e. The second kappa shape index (κ2) is 17.8. The quantitative estimate of drug-likeness (QED) is 0.112. The summed E-state index contributed by atoms with van der Waals surface area (Å²) in [7, 11) is 0. The minimum absolute atomic E-state index is 0. The molecular formula is C60H68N4OPt-2. The molecule has 0 bridgehead atoms. The summed E-state index contributed by atoms with van der Waals surface area (Å²) in [6.07, 6.45) is 9.75. The van der Waals surface area contributed by atoms with E-state index in [0.717, 1.165) is 39.2 Å². The number of fused-ring (bicyclic) bond motifs is 3. The van der Waals surface area contributed by atoms with Gasteiger partial charge in [-0.05, 0) is 114 Å². The van der Waals surface area contributed by atoms with Gasteiger partial charge in [-0.3, -0.25) is 4.57 Å². The predicted molar refractivity (Wildman–Crippen MR) is 271 cm³/mol. The predicted octanol–water partition coefficient (Wildman–Crippen LogP) is 15.5. The van der Waals surface area contributed by atoms with Crippen molar-refractivity contribution in [2.24, 2.45) is 0 Å². The van der Waals surface area contributed by atoms with Crippen molar-refractivity contribution in [2.75, 3.05) is 0 Å². The van der Waals surface area contributed by atoms with Crippen molar-refractivity contribution >= 4 is 21.8 Å². The maximum absolute atomic E-state index is 6.97. The Hall–Kier alpha value is -5.25. The summed E-state index contributed by atoms with van der Waals surface area (Å²) >= 11 is 0. The van der Waals surface area contributed by atoms with Crippen molar-refractivity contribution in [2.45, 2.75) is 144 Å². The molecule has 66 heavy (non-hydrogen) atoms. The van der Waals surface area contributed by atoms with Crippen LogP contribution < -0.4 is 9.30 Å². The van der Waals surface area contributed by atoms with Crippen LogP contribution in [0, 0.1) is 18.5 Å². The molecule has 0 N–H and O–H groups in total. The molecule has 0 unspecified atom stereocenters. The second-order valence-electron chi connectivity index (χ2n) is 22.8. The van der Waals surface area contributed by atoms with E-state index in [2.05, 4.69) is 236 Å². The van der Waals surface area contributed by atoms with Crippen LogP contribution in [-0.4, -0.2) is 14.1 Å². The molecule has 0 amide bonds. The molecule has 5 aromatic carbocycles. The number of hydrogen-bond donors (Lipinski definition) is 0. The van der Waals surface area contributed by atoms with Gasteiger partial charge in [0.05, 0.1) is 5.69 Å². The Morgan fingerprint density at radius 2 is 1.20 bits per heavy atom. The van der Waals surface area contributed by atoms with Crippen LogP contribution in [0.5, 0.6) is 11.5 Å². The van der Waals surface area contributed by atoms with Crippen molar-refractivity contribution in [1.82, 2.24) is 14.1 Å². The van der Waals surface area contributed by atoms with Gasteiger partial charge >= 0.3 is 0 Å². The van der Waals surface area contributed by atoms with Crippen LogP contribution in [0.25, 0.3) is 50.1 Å². The molecule has 3 heterocycles. The molecule has 0 spiro atoms. The molecule has 0 fully saturated rings. The Morgan fingerprint density at radius 1 is 0.591 bits per heavy atom.